The number of amidine groups is 1. The number of oxime groups is 1. The normalized spacial score (nSPS) is 17.5. The fourth-order valence-corrected chi connectivity index (χ4v) is 2.24. The van der Waals surface area contributed by atoms with Crippen molar-refractivity contribution in [2.75, 3.05) is 18.0 Å². The van der Waals surface area contributed by atoms with Crippen molar-refractivity contribution in [2.45, 2.75) is 12.8 Å². The summed E-state index contributed by atoms with van der Waals surface area (Å²) in [5.74, 6) is 0.615. The lowest BCUT2D eigenvalue weighted by Crippen LogP contribution is -2.39. The summed E-state index contributed by atoms with van der Waals surface area (Å²) in [4.78, 5) is 16.5. The monoisotopic (exact) mass is 265 g/mol. The number of piperidine rings is 1. The summed E-state index contributed by atoms with van der Waals surface area (Å²) in [5, 5.41) is 22.6. The van der Waals surface area contributed by atoms with E-state index in [0.29, 0.717) is 31.7 Å². The molecule has 8 nitrogen and oxygen atoms in total. The summed E-state index contributed by atoms with van der Waals surface area (Å²) in [7, 11) is 0. The molecular formula is C11H15N5O3. The SMILES string of the molecule is N/C(=N/O)C1CCN(c2ncccc2[N+](=O)[O-])CC1. The molecule has 0 aromatic carbocycles. The molecule has 0 spiro atoms. The third kappa shape index (κ3) is 2.72. The highest BCUT2D eigenvalue weighted by Crippen LogP contribution is 2.28. The zero-order valence-corrected chi connectivity index (χ0v) is 10.3. The lowest BCUT2D eigenvalue weighted by atomic mass is 9.96. The molecule has 1 aliphatic rings. The van der Waals surface area contributed by atoms with Crippen LogP contribution in [0.25, 0.3) is 0 Å². The average molecular weight is 265 g/mol. The van der Waals surface area contributed by atoms with Crippen LogP contribution in [0, 0.1) is 16.0 Å². The maximum absolute atomic E-state index is 11.0. The fraction of sp³-hybridized carbons (Fsp3) is 0.455. The first-order chi connectivity index (χ1) is 9.13. The van der Waals surface area contributed by atoms with Crippen LogP contribution < -0.4 is 10.6 Å². The van der Waals surface area contributed by atoms with Crippen molar-refractivity contribution >= 4 is 17.3 Å². The van der Waals surface area contributed by atoms with Crippen LogP contribution >= 0.6 is 0 Å². The molecule has 0 atom stereocenters. The van der Waals surface area contributed by atoms with E-state index in [4.69, 9.17) is 10.9 Å². The van der Waals surface area contributed by atoms with Crippen molar-refractivity contribution in [3.8, 4) is 0 Å². The van der Waals surface area contributed by atoms with Crippen LogP contribution in [0.3, 0.4) is 0 Å². The van der Waals surface area contributed by atoms with Gasteiger partial charge in [-0.1, -0.05) is 5.16 Å². The predicted molar refractivity (Wildman–Crippen MR) is 69.2 cm³/mol. The minimum atomic E-state index is -0.433. The van der Waals surface area contributed by atoms with Crippen LogP contribution in [-0.4, -0.2) is 34.0 Å². The van der Waals surface area contributed by atoms with Crippen LogP contribution in [0.1, 0.15) is 12.8 Å². The van der Waals surface area contributed by atoms with E-state index in [-0.39, 0.29) is 17.4 Å². The van der Waals surface area contributed by atoms with Gasteiger partial charge >= 0.3 is 5.69 Å². The van der Waals surface area contributed by atoms with Crippen molar-refractivity contribution in [3.63, 3.8) is 0 Å². The van der Waals surface area contributed by atoms with Crippen molar-refractivity contribution in [1.29, 1.82) is 0 Å². The van der Waals surface area contributed by atoms with E-state index in [1.54, 1.807) is 6.07 Å². The van der Waals surface area contributed by atoms with E-state index < -0.39 is 4.92 Å². The second kappa shape index (κ2) is 5.51. The van der Waals surface area contributed by atoms with E-state index >= 15 is 0 Å². The molecular weight excluding hydrogens is 250 g/mol. The third-order valence-electron chi connectivity index (χ3n) is 3.29. The predicted octanol–water partition coefficient (Wildman–Crippen LogP) is 0.953. The third-order valence-corrected chi connectivity index (χ3v) is 3.29. The van der Waals surface area contributed by atoms with E-state index in [9.17, 15) is 10.1 Å². The largest absolute Gasteiger partial charge is 0.409 e. The van der Waals surface area contributed by atoms with E-state index in [1.165, 1.54) is 12.3 Å². The Bertz CT molecular complexity index is 497. The van der Waals surface area contributed by atoms with E-state index in [1.807, 2.05) is 4.90 Å². The summed E-state index contributed by atoms with van der Waals surface area (Å²) in [6, 6.07) is 2.99. The molecule has 102 valence electrons. The van der Waals surface area contributed by atoms with Gasteiger partial charge in [0.15, 0.2) is 0 Å². The summed E-state index contributed by atoms with van der Waals surface area (Å²) in [6.45, 7) is 1.19. The number of nitro groups is 1. The smallest absolute Gasteiger partial charge is 0.311 e. The van der Waals surface area contributed by atoms with Crippen LogP contribution in [0.15, 0.2) is 23.5 Å². The summed E-state index contributed by atoms with van der Waals surface area (Å²) in [6.07, 6.45) is 2.91. The quantitative estimate of drug-likeness (QED) is 0.276. The van der Waals surface area contributed by atoms with Gasteiger partial charge in [0.2, 0.25) is 5.82 Å². The molecule has 2 rings (SSSR count). The van der Waals surface area contributed by atoms with Gasteiger partial charge in [-0.25, -0.2) is 4.98 Å². The lowest BCUT2D eigenvalue weighted by molar-refractivity contribution is -0.384. The van der Waals surface area contributed by atoms with Gasteiger partial charge in [0, 0.05) is 31.3 Å². The van der Waals surface area contributed by atoms with Crippen LogP contribution in [0.4, 0.5) is 11.5 Å². The Labute approximate surface area is 109 Å². The molecule has 1 aromatic heterocycles. The van der Waals surface area contributed by atoms with E-state index in [2.05, 4.69) is 10.1 Å². The molecule has 1 aromatic rings. The number of hydrogen-bond donors (Lipinski definition) is 2. The van der Waals surface area contributed by atoms with Gasteiger partial charge in [-0.3, -0.25) is 10.1 Å². The molecule has 0 saturated carbocycles. The summed E-state index contributed by atoms with van der Waals surface area (Å²) in [5.41, 5.74) is 5.57. The van der Waals surface area contributed by atoms with Crippen LogP contribution in [-0.2, 0) is 0 Å². The summed E-state index contributed by atoms with van der Waals surface area (Å²) >= 11 is 0. The minimum Gasteiger partial charge on any atom is -0.409 e. The number of pyridine rings is 1. The Morgan fingerprint density at radius 2 is 2.26 bits per heavy atom. The van der Waals surface area contributed by atoms with Gasteiger partial charge in [-0.15, -0.1) is 0 Å². The molecule has 8 heteroatoms. The lowest BCUT2D eigenvalue weighted by Gasteiger charge is -2.31. The molecule has 0 radical (unpaired) electrons. The molecule has 1 saturated heterocycles. The number of hydrogen-bond acceptors (Lipinski definition) is 6. The van der Waals surface area contributed by atoms with Crippen LogP contribution in [0.2, 0.25) is 0 Å². The van der Waals surface area contributed by atoms with Gasteiger partial charge in [-0.2, -0.15) is 0 Å². The zero-order chi connectivity index (χ0) is 13.8. The zero-order valence-electron chi connectivity index (χ0n) is 10.3. The average Bonchev–Trinajstić information content (AvgIpc) is 2.46. The minimum absolute atomic E-state index is 0.00440. The highest BCUT2D eigenvalue weighted by atomic mass is 16.6. The number of nitrogens with zero attached hydrogens (tertiary/aromatic N) is 4. The molecule has 2 heterocycles. The highest BCUT2D eigenvalue weighted by molar-refractivity contribution is 5.82. The molecule has 1 fully saturated rings. The Hall–Kier alpha value is -2.38. The van der Waals surface area contributed by atoms with Gasteiger partial charge in [0.1, 0.15) is 5.84 Å². The molecule has 0 amide bonds. The Morgan fingerprint density at radius 3 is 2.84 bits per heavy atom. The number of anilines is 1. The first-order valence-corrected chi connectivity index (χ1v) is 5.95. The number of rotatable bonds is 3. The maximum Gasteiger partial charge on any atom is 0.311 e. The molecule has 19 heavy (non-hydrogen) atoms. The first kappa shape index (κ1) is 13.1. The molecule has 3 N–H and O–H groups in total. The molecule has 0 bridgehead atoms. The topological polar surface area (TPSA) is 118 Å². The van der Waals surface area contributed by atoms with Crippen molar-refractivity contribution in [1.82, 2.24) is 4.98 Å². The van der Waals surface area contributed by atoms with E-state index in [0.717, 1.165) is 0 Å². The standard InChI is InChI=1S/C11H15N5O3/c12-10(14-17)8-3-6-15(7-4-8)11-9(16(18)19)2-1-5-13-11/h1-2,5,8,17H,3-4,6-7H2,(H2,12,14). The Morgan fingerprint density at radius 1 is 1.58 bits per heavy atom. The van der Waals surface area contributed by atoms with Crippen LogP contribution in [0.5, 0.6) is 0 Å². The Balaban J connectivity index is 2.12. The highest BCUT2D eigenvalue weighted by Gasteiger charge is 2.27. The van der Waals surface area contributed by atoms with Gasteiger partial charge < -0.3 is 15.8 Å². The fourth-order valence-electron chi connectivity index (χ4n) is 2.24. The van der Waals surface area contributed by atoms with Crippen molar-refractivity contribution in [3.05, 3.63) is 28.4 Å². The first-order valence-electron chi connectivity index (χ1n) is 5.95. The molecule has 1 aliphatic heterocycles. The maximum atomic E-state index is 11.0. The number of nitrogens with two attached hydrogens (primary N) is 1. The second-order valence-electron chi connectivity index (χ2n) is 4.39. The van der Waals surface area contributed by atoms with Gasteiger partial charge in [-0.05, 0) is 18.9 Å². The molecule has 0 aliphatic carbocycles. The molecule has 0 unspecified atom stereocenters. The van der Waals surface area contributed by atoms with Crippen molar-refractivity contribution in [2.24, 2.45) is 16.8 Å². The second-order valence-corrected chi connectivity index (χ2v) is 4.39. The number of aromatic nitrogens is 1. The van der Waals surface area contributed by atoms with Gasteiger partial charge in [0.25, 0.3) is 0 Å². The Kier molecular flexibility index (Phi) is 3.79. The van der Waals surface area contributed by atoms with Crippen molar-refractivity contribution < 1.29 is 10.1 Å². The van der Waals surface area contributed by atoms with Gasteiger partial charge in [0.05, 0.1) is 4.92 Å². The summed E-state index contributed by atoms with van der Waals surface area (Å²) < 4.78 is 0.